The largest absolute Gasteiger partial charge is 0.462 e. The molecule has 0 radical (unpaired) electrons. The predicted molar refractivity (Wildman–Crippen MR) is 106 cm³/mol. The molecule has 0 amide bonds. The lowest BCUT2D eigenvalue weighted by molar-refractivity contribution is -0.0440. The van der Waals surface area contributed by atoms with Crippen molar-refractivity contribution in [1.29, 1.82) is 0 Å². The van der Waals surface area contributed by atoms with Gasteiger partial charge in [-0.2, -0.15) is 4.31 Å². The zero-order chi connectivity index (χ0) is 20.1. The average molecular weight is 404 g/mol. The van der Waals surface area contributed by atoms with E-state index in [-0.39, 0.29) is 23.7 Å². The molecular weight excluding hydrogens is 378 g/mol. The molecule has 0 bridgehead atoms. The zero-order valence-corrected chi connectivity index (χ0v) is 16.9. The third-order valence-electron chi connectivity index (χ3n) is 4.58. The van der Waals surface area contributed by atoms with Gasteiger partial charge in [-0.15, -0.1) is 0 Å². The number of esters is 1. The summed E-state index contributed by atoms with van der Waals surface area (Å²) in [6.07, 6.45) is 0.321. The Labute approximate surface area is 166 Å². The number of benzene rings is 2. The van der Waals surface area contributed by atoms with Crippen LogP contribution in [-0.2, 0) is 25.9 Å². The van der Waals surface area contributed by atoms with Crippen molar-refractivity contribution in [2.45, 2.75) is 37.4 Å². The second-order valence-corrected chi connectivity index (χ2v) is 8.91. The quantitative estimate of drug-likeness (QED) is 0.694. The number of nitrogens with zero attached hydrogens (tertiary/aromatic N) is 1. The molecule has 150 valence electrons. The molecular formula is C21H25NO5S. The molecule has 0 saturated carbocycles. The smallest absolute Gasteiger partial charge is 0.338 e. The first kappa shape index (κ1) is 20.5. The second kappa shape index (κ2) is 8.86. The van der Waals surface area contributed by atoms with Crippen molar-refractivity contribution in [3.8, 4) is 0 Å². The van der Waals surface area contributed by atoms with Gasteiger partial charge in [0.05, 0.1) is 29.3 Å². The van der Waals surface area contributed by atoms with Gasteiger partial charge in [0.15, 0.2) is 0 Å². The van der Waals surface area contributed by atoms with E-state index in [1.54, 1.807) is 0 Å². The lowest BCUT2D eigenvalue weighted by atomic mass is 10.2. The lowest BCUT2D eigenvalue weighted by Gasteiger charge is -2.34. The molecule has 0 spiro atoms. The SMILES string of the molecule is C[C@@H]1CN(S(=O)(=O)c2ccc(C(=O)OCCc3ccccc3)cc2)C[C@@H](C)O1. The van der Waals surface area contributed by atoms with Crippen molar-refractivity contribution in [1.82, 2.24) is 4.31 Å². The van der Waals surface area contributed by atoms with Crippen molar-refractivity contribution in [3.63, 3.8) is 0 Å². The molecule has 1 heterocycles. The zero-order valence-electron chi connectivity index (χ0n) is 16.1. The topological polar surface area (TPSA) is 72.9 Å². The number of hydrogen-bond donors (Lipinski definition) is 0. The number of hydrogen-bond acceptors (Lipinski definition) is 5. The Balaban J connectivity index is 1.61. The summed E-state index contributed by atoms with van der Waals surface area (Å²) in [5.41, 5.74) is 1.42. The first-order valence-corrected chi connectivity index (χ1v) is 10.8. The van der Waals surface area contributed by atoms with Gasteiger partial charge in [-0.05, 0) is 43.7 Å². The Bertz CT molecular complexity index is 886. The number of morpholine rings is 1. The molecule has 6 nitrogen and oxygen atoms in total. The highest BCUT2D eigenvalue weighted by Gasteiger charge is 2.32. The summed E-state index contributed by atoms with van der Waals surface area (Å²) in [5, 5.41) is 0. The van der Waals surface area contributed by atoms with Crippen molar-refractivity contribution < 1.29 is 22.7 Å². The molecule has 2 aromatic carbocycles. The third-order valence-corrected chi connectivity index (χ3v) is 6.43. The molecule has 1 saturated heterocycles. The molecule has 1 aliphatic rings. The minimum Gasteiger partial charge on any atom is -0.462 e. The van der Waals surface area contributed by atoms with Crippen LogP contribution in [-0.4, -0.2) is 50.6 Å². The van der Waals surface area contributed by atoms with Crippen molar-refractivity contribution in [3.05, 3.63) is 65.7 Å². The summed E-state index contributed by atoms with van der Waals surface area (Å²) in [5.74, 6) is -0.464. The maximum atomic E-state index is 12.8. The minimum absolute atomic E-state index is 0.155. The van der Waals surface area contributed by atoms with E-state index in [4.69, 9.17) is 9.47 Å². The fourth-order valence-electron chi connectivity index (χ4n) is 3.23. The van der Waals surface area contributed by atoms with Gasteiger partial charge in [0.2, 0.25) is 10.0 Å². The van der Waals surface area contributed by atoms with Crippen LogP contribution in [0.4, 0.5) is 0 Å². The minimum atomic E-state index is -3.62. The fourth-order valence-corrected chi connectivity index (χ4v) is 4.82. The van der Waals surface area contributed by atoms with Crippen molar-refractivity contribution in [2.75, 3.05) is 19.7 Å². The normalized spacial score (nSPS) is 20.6. The monoisotopic (exact) mass is 403 g/mol. The van der Waals surface area contributed by atoms with Gasteiger partial charge in [0.1, 0.15) is 0 Å². The maximum absolute atomic E-state index is 12.8. The first-order chi connectivity index (χ1) is 13.4. The van der Waals surface area contributed by atoms with Gasteiger partial charge in [0.25, 0.3) is 0 Å². The number of rotatable bonds is 6. The molecule has 2 atom stereocenters. The Kier molecular flexibility index (Phi) is 6.49. The average Bonchev–Trinajstić information content (AvgIpc) is 2.68. The Morgan fingerprint density at radius 3 is 2.25 bits per heavy atom. The van der Waals surface area contributed by atoms with E-state index in [1.165, 1.54) is 28.6 Å². The van der Waals surface area contributed by atoms with Crippen LogP contribution in [0, 0.1) is 0 Å². The number of ether oxygens (including phenoxy) is 2. The number of carbonyl (C=O) groups excluding carboxylic acids is 1. The summed E-state index contributed by atoms with van der Waals surface area (Å²) in [7, 11) is -3.62. The summed E-state index contributed by atoms with van der Waals surface area (Å²) in [6.45, 7) is 4.61. The van der Waals surface area contributed by atoms with Gasteiger partial charge < -0.3 is 9.47 Å². The molecule has 1 aliphatic heterocycles. The summed E-state index contributed by atoms with van der Waals surface area (Å²) >= 11 is 0. The van der Waals surface area contributed by atoms with E-state index >= 15 is 0 Å². The summed E-state index contributed by atoms with van der Waals surface area (Å²) < 4.78 is 38.0. The van der Waals surface area contributed by atoms with Crippen molar-refractivity contribution in [2.24, 2.45) is 0 Å². The van der Waals surface area contributed by atoms with Crippen LogP contribution in [0.3, 0.4) is 0 Å². The highest BCUT2D eigenvalue weighted by molar-refractivity contribution is 7.89. The molecule has 28 heavy (non-hydrogen) atoms. The fraction of sp³-hybridized carbons (Fsp3) is 0.381. The number of sulfonamides is 1. The molecule has 0 N–H and O–H groups in total. The highest BCUT2D eigenvalue weighted by Crippen LogP contribution is 2.21. The van der Waals surface area contributed by atoms with E-state index in [1.807, 2.05) is 44.2 Å². The Morgan fingerprint density at radius 1 is 1.04 bits per heavy atom. The Morgan fingerprint density at radius 2 is 1.64 bits per heavy atom. The first-order valence-electron chi connectivity index (χ1n) is 9.33. The Hall–Kier alpha value is -2.22. The molecule has 0 aliphatic carbocycles. The van der Waals surface area contributed by atoms with Gasteiger partial charge in [-0.1, -0.05) is 30.3 Å². The van der Waals surface area contributed by atoms with Gasteiger partial charge in [-0.25, -0.2) is 13.2 Å². The predicted octanol–water partition coefficient (Wildman–Crippen LogP) is 2.88. The maximum Gasteiger partial charge on any atom is 0.338 e. The van der Waals surface area contributed by atoms with Gasteiger partial charge >= 0.3 is 5.97 Å². The highest BCUT2D eigenvalue weighted by atomic mass is 32.2. The van der Waals surface area contributed by atoms with Crippen LogP contribution in [0.25, 0.3) is 0 Å². The molecule has 7 heteroatoms. The van der Waals surface area contributed by atoms with Gasteiger partial charge in [0, 0.05) is 19.5 Å². The third kappa shape index (κ3) is 4.98. The summed E-state index contributed by atoms with van der Waals surface area (Å²) in [4.78, 5) is 12.3. The summed E-state index contributed by atoms with van der Waals surface area (Å²) in [6, 6.07) is 15.6. The van der Waals surface area contributed by atoms with E-state index in [2.05, 4.69) is 0 Å². The van der Waals surface area contributed by atoms with Crippen LogP contribution in [0.15, 0.2) is 59.5 Å². The second-order valence-electron chi connectivity index (χ2n) is 6.98. The number of carbonyl (C=O) groups is 1. The molecule has 2 aromatic rings. The van der Waals surface area contributed by atoms with Crippen molar-refractivity contribution >= 4 is 16.0 Å². The molecule has 0 aromatic heterocycles. The standard InChI is InChI=1S/C21H25NO5S/c1-16-14-22(15-17(2)27-16)28(24,25)20-10-8-19(9-11-20)21(23)26-13-12-18-6-4-3-5-7-18/h3-11,16-17H,12-15H2,1-2H3/t16-,17-/m1/s1. The van der Waals surface area contributed by atoms with Crippen LogP contribution >= 0.6 is 0 Å². The van der Waals surface area contributed by atoms with Gasteiger partial charge in [-0.3, -0.25) is 0 Å². The van der Waals surface area contributed by atoms with E-state index in [0.717, 1.165) is 5.56 Å². The molecule has 0 unspecified atom stereocenters. The molecule has 1 fully saturated rings. The van der Waals surface area contributed by atoms with E-state index < -0.39 is 16.0 Å². The van der Waals surface area contributed by atoms with Crippen LogP contribution in [0.5, 0.6) is 0 Å². The van der Waals surface area contributed by atoms with Crippen LogP contribution < -0.4 is 0 Å². The lowest BCUT2D eigenvalue weighted by Crippen LogP contribution is -2.48. The van der Waals surface area contributed by atoms with E-state index in [0.29, 0.717) is 25.1 Å². The van der Waals surface area contributed by atoms with Crippen LogP contribution in [0.1, 0.15) is 29.8 Å². The molecule has 3 rings (SSSR count). The van der Waals surface area contributed by atoms with E-state index in [9.17, 15) is 13.2 Å². The van der Waals surface area contributed by atoms with Crippen LogP contribution in [0.2, 0.25) is 0 Å².